The van der Waals surface area contributed by atoms with Crippen molar-refractivity contribution < 1.29 is 14.9 Å². The van der Waals surface area contributed by atoms with Gasteiger partial charge in [-0.15, -0.1) is 6.58 Å². The maximum Gasteiger partial charge on any atom is 0.0606 e. The second kappa shape index (κ2) is 10.7. The fourth-order valence-corrected chi connectivity index (χ4v) is 3.93. The van der Waals surface area contributed by atoms with Crippen molar-refractivity contribution in [1.82, 2.24) is 4.90 Å². The molecule has 0 saturated carbocycles. The summed E-state index contributed by atoms with van der Waals surface area (Å²) >= 11 is 0. The zero-order valence-electron chi connectivity index (χ0n) is 16.1. The highest BCUT2D eigenvalue weighted by atomic mass is 16.5. The average Bonchev–Trinajstić information content (AvgIpc) is 2.69. The fraction of sp³-hybridized carbons (Fsp3) is 0.619. The van der Waals surface area contributed by atoms with E-state index >= 15 is 0 Å². The first kappa shape index (κ1) is 20.9. The summed E-state index contributed by atoms with van der Waals surface area (Å²) in [6.07, 6.45) is 5.06. The van der Waals surface area contributed by atoms with Crippen molar-refractivity contribution in [1.29, 1.82) is 0 Å². The van der Waals surface area contributed by atoms with E-state index < -0.39 is 0 Å². The quantitative estimate of drug-likeness (QED) is 0.590. The summed E-state index contributed by atoms with van der Waals surface area (Å²) in [6.45, 7) is 11.0. The highest BCUT2D eigenvalue weighted by Crippen LogP contribution is 2.30. The SMILES string of the molecule is C=CCC(CC)(Cc1ccc(N(CCO)CCO)cc1)N1CCOCC1. The van der Waals surface area contributed by atoms with Crippen LogP contribution < -0.4 is 4.90 Å². The van der Waals surface area contributed by atoms with Gasteiger partial charge in [-0.1, -0.05) is 25.1 Å². The Morgan fingerprint density at radius 2 is 1.77 bits per heavy atom. The van der Waals surface area contributed by atoms with Gasteiger partial charge in [0, 0.05) is 37.4 Å². The number of aliphatic hydroxyl groups excluding tert-OH is 2. The summed E-state index contributed by atoms with van der Waals surface area (Å²) in [5.41, 5.74) is 2.43. The van der Waals surface area contributed by atoms with Gasteiger partial charge in [0.05, 0.1) is 26.4 Å². The van der Waals surface area contributed by atoms with E-state index in [0.29, 0.717) is 13.1 Å². The molecule has 2 N–H and O–H groups in total. The summed E-state index contributed by atoms with van der Waals surface area (Å²) in [4.78, 5) is 4.57. The monoisotopic (exact) mass is 362 g/mol. The van der Waals surface area contributed by atoms with E-state index in [1.54, 1.807) is 0 Å². The van der Waals surface area contributed by atoms with E-state index in [4.69, 9.17) is 4.74 Å². The second-order valence-corrected chi connectivity index (χ2v) is 6.95. The van der Waals surface area contributed by atoms with Gasteiger partial charge in [0.1, 0.15) is 0 Å². The predicted octanol–water partition coefficient (Wildman–Crippen LogP) is 2.08. The van der Waals surface area contributed by atoms with Crippen LogP contribution in [0.3, 0.4) is 0 Å². The Labute approximate surface area is 157 Å². The van der Waals surface area contributed by atoms with Crippen molar-refractivity contribution in [2.45, 2.75) is 31.7 Å². The topological polar surface area (TPSA) is 56.2 Å². The predicted molar refractivity (Wildman–Crippen MR) is 107 cm³/mol. The number of anilines is 1. The maximum absolute atomic E-state index is 9.22. The van der Waals surface area contributed by atoms with Crippen LogP contribution in [0.2, 0.25) is 0 Å². The van der Waals surface area contributed by atoms with Crippen LogP contribution in [0.1, 0.15) is 25.3 Å². The largest absolute Gasteiger partial charge is 0.395 e. The molecule has 0 spiro atoms. The van der Waals surface area contributed by atoms with E-state index in [1.165, 1.54) is 5.56 Å². The van der Waals surface area contributed by atoms with Gasteiger partial charge in [0.2, 0.25) is 0 Å². The molecular weight excluding hydrogens is 328 g/mol. The molecule has 1 saturated heterocycles. The molecule has 0 aromatic heterocycles. The van der Waals surface area contributed by atoms with E-state index in [0.717, 1.165) is 51.3 Å². The lowest BCUT2D eigenvalue weighted by Crippen LogP contribution is -2.54. The summed E-state index contributed by atoms with van der Waals surface area (Å²) < 4.78 is 5.54. The molecule has 1 fully saturated rings. The van der Waals surface area contributed by atoms with Crippen LogP contribution in [0.4, 0.5) is 5.69 Å². The third kappa shape index (κ3) is 5.30. The molecule has 1 aliphatic rings. The Bertz CT molecular complexity index is 523. The Balaban J connectivity index is 2.15. The molecule has 1 aromatic carbocycles. The molecule has 0 amide bonds. The van der Waals surface area contributed by atoms with Gasteiger partial charge in [-0.25, -0.2) is 0 Å². The molecular formula is C21H34N2O3. The summed E-state index contributed by atoms with van der Waals surface area (Å²) in [5, 5.41) is 18.4. The lowest BCUT2D eigenvalue weighted by Gasteiger charge is -2.45. The van der Waals surface area contributed by atoms with Gasteiger partial charge in [-0.05, 0) is 37.0 Å². The van der Waals surface area contributed by atoms with E-state index in [2.05, 4.69) is 42.7 Å². The Kier molecular flexibility index (Phi) is 8.59. The second-order valence-electron chi connectivity index (χ2n) is 6.95. The third-order valence-corrected chi connectivity index (χ3v) is 5.44. The number of benzene rings is 1. The number of hydrogen-bond acceptors (Lipinski definition) is 5. The molecule has 26 heavy (non-hydrogen) atoms. The van der Waals surface area contributed by atoms with E-state index in [1.807, 2.05) is 11.0 Å². The fourth-order valence-electron chi connectivity index (χ4n) is 3.93. The van der Waals surface area contributed by atoms with Crippen molar-refractivity contribution in [3.8, 4) is 0 Å². The highest BCUT2D eigenvalue weighted by molar-refractivity contribution is 5.48. The van der Waals surface area contributed by atoms with Crippen LogP contribution in [0.15, 0.2) is 36.9 Å². The van der Waals surface area contributed by atoms with Crippen molar-refractivity contribution in [2.24, 2.45) is 0 Å². The van der Waals surface area contributed by atoms with Gasteiger partial charge in [0.15, 0.2) is 0 Å². The smallest absolute Gasteiger partial charge is 0.0606 e. The number of aliphatic hydroxyl groups is 2. The Morgan fingerprint density at radius 3 is 2.27 bits per heavy atom. The summed E-state index contributed by atoms with van der Waals surface area (Å²) in [7, 11) is 0. The van der Waals surface area contributed by atoms with Gasteiger partial charge < -0.3 is 19.8 Å². The van der Waals surface area contributed by atoms with Crippen molar-refractivity contribution in [2.75, 3.05) is 57.5 Å². The maximum atomic E-state index is 9.22. The van der Waals surface area contributed by atoms with Crippen LogP contribution in [0, 0.1) is 0 Å². The molecule has 5 nitrogen and oxygen atoms in total. The molecule has 1 unspecified atom stereocenters. The van der Waals surface area contributed by atoms with Gasteiger partial charge in [-0.3, -0.25) is 4.90 Å². The molecule has 1 heterocycles. The summed E-state index contributed by atoms with van der Waals surface area (Å²) in [6, 6.07) is 8.53. The van der Waals surface area contributed by atoms with Crippen LogP contribution in [-0.4, -0.2) is 73.3 Å². The molecule has 1 atom stereocenters. The van der Waals surface area contributed by atoms with Crippen molar-refractivity contribution in [3.05, 3.63) is 42.5 Å². The molecule has 0 radical (unpaired) electrons. The van der Waals surface area contributed by atoms with Crippen LogP contribution in [0.5, 0.6) is 0 Å². The lowest BCUT2D eigenvalue weighted by atomic mass is 9.83. The number of ether oxygens (including phenoxy) is 1. The standard InChI is InChI=1S/C21H34N2O3/c1-3-9-21(4-2,23-12-16-26-17-13-23)18-19-5-7-20(8-6-19)22(10-14-24)11-15-25/h3,5-8,24-25H,1,4,9-18H2,2H3. The normalized spacial score (nSPS) is 17.7. The average molecular weight is 363 g/mol. The molecule has 1 aliphatic heterocycles. The minimum atomic E-state index is 0.0804. The van der Waals surface area contributed by atoms with Gasteiger partial charge in [-0.2, -0.15) is 0 Å². The number of rotatable bonds is 11. The van der Waals surface area contributed by atoms with Crippen molar-refractivity contribution >= 4 is 5.69 Å². The van der Waals surface area contributed by atoms with Gasteiger partial charge >= 0.3 is 0 Å². The molecule has 2 rings (SSSR count). The Hall–Kier alpha value is -1.40. The zero-order valence-corrected chi connectivity index (χ0v) is 16.1. The Morgan fingerprint density at radius 1 is 1.15 bits per heavy atom. The molecule has 146 valence electrons. The van der Waals surface area contributed by atoms with Crippen LogP contribution in [0.25, 0.3) is 0 Å². The lowest BCUT2D eigenvalue weighted by molar-refractivity contribution is -0.0238. The molecule has 0 bridgehead atoms. The van der Waals surface area contributed by atoms with Crippen LogP contribution >= 0.6 is 0 Å². The van der Waals surface area contributed by atoms with Crippen LogP contribution in [-0.2, 0) is 11.2 Å². The van der Waals surface area contributed by atoms with Gasteiger partial charge in [0.25, 0.3) is 0 Å². The van der Waals surface area contributed by atoms with E-state index in [-0.39, 0.29) is 18.8 Å². The first-order chi connectivity index (χ1) is 12.7. The highest BCUT2D eigenvalue weighted by Gasteiger charge is 2.35. The molecule has 5 heteroatoms. The minimum absolute atomic E-state index is 0.0804. The zero-order chi connectivity index (χ0) is 18.8. The third-order valence-electron chi connectivity index (χ3n) is 5.44. The molecule has 1 aromatic rings. The molecule has 0 aliphatic carbocycles. The minimum Gasteiger partial charge on any atom is -0.395 e. The number of nitrogens with zero attached hydrogens (tertiary/aromatic N) is 2. The summed E-state index contributed by atoms with van der Waals surface area (Å²) in [5.74, 6) is 0. The first-order valence-corrected chi connectivity index (χ1v) is 9.68. The first-order valence-electron chi connectivity index (χ1n) is 9.68. The van der Waals surface area contributed by atoms with E-state index in [9.17, 15) is 10.2 Å². The number of morpholine rings is 1. The van der Waals surface area contributed by atoms with Crippen molar-refractivity contribution in [3.63, 3.8) is 0 Å². The number of hydrogen-bond donors (Lipinski definition) is 2.